The zero-order chi connectivity index (χ0) is 27.2. The number of fused-ring (bicyclic) bond motifs is 1. The molecule has 5 rings (SSSR count). The number of thioether (sulfide) groups is 1. The largest absolute Gasteiger partial charge is 0.435 e. The Morgan fingerprint density at radius 3 is 2.58 bits per heavy atom. The molecule has 38 heavy (non-hydrogen) atoms. The van der Waals surface area contributed by atoms with E-state index in [0.717, 1.165) is 34.9 Å². The van der Waals surface area contributed by atoms with Crippen molar-refractivity contribution >= 4 is 23.6 Å². The third kappa shape index (κ3) is 5.04. The summed E-state index contributed by atoms with van der Waals surface area (Å²) in [5.74, 6) is -0.413. The lowest BCUT2D eigenvalue weighted by Crippen LogP contribution is -2.50. The zero-order valence-electron chi connectivity index (χ0n) is 21.5. The molecule has 2 aliphatic heterocycles. The standard InChI is InChI=1S/C27H32F3N5O2S/c1-16-14-21(27(28,29)30)33-35(16)15-22(36)34-12-10-18(11-13-34)26(2)32-23(25(31)37)24(38-26)20-9-5-7-17-6-3-4-8-19(17)20/h3-4,6,8,14,18,20,32H,5,7,9-13,15H2,1-2H3,(H2,31,37). The molecule has 2 atom stereocenters. The summed E-state index contributed by atoms with van der Waals surface area (Å²) < 4.78 is 40.1. The summed E-state index contributed by atoms with van der Waals surface area (Å²) in [6.07, 6.45) is -0.0965. The average molecular weight is 548 g/mol. The molecule has 3 N–H and O–H groups in total. The fraction of sp³-hybridized carbons (Fsp3) is 0.519. The number of halogens is 3. The summed E-state index contributed by atoms with van der Waals surface area (Å²) in [4.78, 5) is 27.6. The lowest BCUT2D eigenvalue weighted by molar-refractivity contribution is -0.142. The van der Waals surface area contributed by atoms with Gasteiger partial charge in [0.1, 0.15) is 12.2 Å². The molecule has 2 aromatic rings. The first-order valence-electron chi connectivity index (χ1n) is 12.9. The average Bonchev–Trinajstić information content (AvgIpc) is 3.44. The summed E-state index contributed by atoms with van der Waals surface area (Å²) >= 11 is 1.69. The maximum Gasteiger partial charge on any atom is 0.435 e. The van der Waals surface area contributed by atoms with E-state index >= 15 is 0 Å². The second-order valence-electron chi connectivity index (χ2n) is 10.6. The SMILES string of the molecule is Cc1cc(C(F)(F)F)nn1CC(=O)N1CCC(C2(C)NC(C(N)=O)=C(C3CCCc4ccccc43)S2)CC1. The molecule has 3 aliphatic rings. The molecule has 1 aromatic heterocycles. The fourth-order valence-electron chi connectivity index (χ4n) is 5.97. The number of benzene rings is 1. The molecular weight excluding hydrogens is 515 g/mol. The molecular formula is C27H32F3N5O2S. The first kappa shape index (κ1) is 26.6. The van der Waals surface area contributed by atoms with Crippen LogP contribution in [0.1, 0.15) is 61.0 Å². The van der Waals surface area contributed by atoms with Crippen LogP contribution >= 0.6 is 11.8 Å². The summed E-state index contributed by atoms with van der Waals surface area (Å²) in [7, 11) is 0. The number of hydrogen-bond donors (Lipinski definition) is 2. The van der Waals surface area contributed by atoms with Crippen molar-refractivity contribution < 1.29 is 22.8 Å². The topological polar surface area (TPSA) is 93.2 Å². The van der Waals surface area contributed by atoms with Crippen molar-refractivity contribution in [3.05, 3.63) is 63.4 Å². The first-order valence-corrected chi connectivity index (χ1v) is 13.8. The van der Waals surface area contributed by atoms with Gasteiger partial charge in [0.25, 0.3) is 5.91 Å². The van der Waals surface area contributed by atoms with Crippen molar-refractivity contribution in [1.29, 1.82) is 0 Å². The van der Waals surface area contributed by atoms with Gasteiger partial charge in [-0.2, -0.15) is 18.3 Å². The van der Waals surface area contributed by atoms with Crippen LogP contribution in [0, 0.1) is 12.8 Å². The van der Waals surface area contributed by atoms with E-state index in [4.69, 9.17) is 5.73 Å². The maximum atomic E-state index is 13.0. The number of aryl methyl sites for hydroxylation is 2. The molecule has 0 spiro atoms. The Morgan fingerprint density at radius 2 is 1.92 bits per heavy atom. The predicted octanol–water partition coefficient (Wildman–Crippen LogP) is 4.32. The molecule has 204 valence electrons. The number of amides is 2. The summed E-state index contributed by atoms with van der Waals surface area (Å²) in [5.41, 5.74) is 8.20. The van der Waals surface area contributed by atoms with Gasteiger partial charge in [0.05, 0.1) is 4.87 Å². The molecule has 0 bridgehead atoms. The molecule has 1 aromatic carbocycles. The molecule has 1 fully saturated rings. The van der Waals surface area contributed by atoms with Crippen molar-refractivity contribution in [2.75, 3.05) is 13.1 Å². The van der Waals surface area contributed by atoms with Gasteiger partial charge in [-0.25, -0.2) is 0 Å². The molecule has 11 heteroatoms. The van der Waals surface area contributed by atoms with Gasteiger partial charge in [-0.15, -0.1) is 0 Å². The summed E-state index contributed by atoms with van der Waals surface area (Å²) in [5, 5.41) is 7.05. The maximum absolute atomic E-state index is 13.0. The molecule has 1 saturated heterocycles. The Bertz CT molecular complexity index is 1280. The number of rotatable bonds is 5. The quantitative estimate of drug-likeness (QED) is 0.582. The third-order valence-corrected chi connectivity index (χ3v) is 9.63. The van der Waals surface area contributed by atoms with Gasteiger partial charge in [0, 0.05) is 29.6 Å². The molecule has 1 aliphatic carbocycles. The zero-order valence-corrected chi connectivity index (χ0v) is 22.3. The number of piperidine rings is 1. The Balaban J connectivity index is 1.25. The number of alkyl halides is 3. The van der Waals surface area contributed by atoms with Crippen molar-refractivity contribution in [2.24, 2.45) is 11.7 Å². The van der Waals surface area contributed by atoms with Crippen LogP contribution in [-0.4, -0.2) is 44.5 Å². The van der Waals surface area contributed by atoms with Crippen LogP contribution in [-0.2, 0) is 28.7 Å². The van der Waals surface area contributed by atoms with E-state index in [0.29, 0.717) is 37.3 Å². The summed E-state index contributed by atoms with van der Waals surface area (Å²) in [6, 6.07) is 9.33. The van der Waals surface area contributed by atoms with Gasteiger partial charge in [-0.3, -0.25) is 14.3 Å². The number of nitrogens with zero attached hydrogens (tertiary/aromatic N) is 3. The highest BCUT2D eigenvalue weighted by atomic mass is 32.2. The van der Waals surface area contributed by atoms with Crippen molar-refractivity contribution in [1.82, 2.24) is 20.0 Å². The van der Waals surface area contributed by atoms with Gasteiger partial charge >= 0.3 is 6.18 Å². The molecule has 0 saturated carbocycles. The van der Waals surface area contributed by atoms with Gasteiger partial charge in [0.2, 0.25) is 5.91 Å². The Morgan fingerprint density at radius 1 is 1.21 bits per heavy atom. The number of hydrogen-bond acceptors (Lipinski definition) is 5. The number of allylic oxidation sites excluding steroid dienone is 1. The number of carbonyl (C=O) groups excluding carboxylic acids is 2. The monoisotopic (exact) mass is 547 g/mol. The highest BCUT2D eigenvalue weighted by molar-refractivity contribution is 8.04. The highest BCUT2D eigenvalue weighted by Gasteiger charge is 2.46. The van der Waals surface area contributed by atoms with E-state index in [-0.39, 0.29) is 24.3 Å². The van der Waals surface area contributed by atoms with Crippen molar-refractivity contribution in [2.45, 2.75) is 69.5 Å². The van der Waals surface area contributed by atoms with Gasteiger partial charge in [-0.05, 0) is 69.1 Å². The lowest BCUT2D eigenvalue weighted by atomic mass is 9.82. The van der Waals surface area contributed by atoms with Gasteiger partial charge in [-0.1, -0.05) is 36.0 Å². The number of likely N-dealkylation sites (tertiary alicyclic amines) is 1. The number of nitrogens with one attached hydrogen (secondary N) is 1. The van der Waals surface area contributed by atoms with Crippen molar-refractivity contribution in [3.8, 4) is 0 Å². The molecule has 2 amide bonds. The van der Waals surface area contributed by atoms with Crippen LogP contribution < -0.4 is 11.1 Å². The molecule has 2 unspecified atom stereocenters. The Hall–Kier alpha value is -2.95. The predicted molar refractivity (Wildman–Crippen MR) is 139 cm³/mol. The van der Waals surface area contributed by atoms with E-state index < -0.39 is 22.6 Å². The number of nitrogens with two attached hydrogens (primary N) is 1. The van der Waals surface area contributed by atoms with Gasteiger partial charge < -0.3 is 16.0 Å². The number of primary amides is 1. The first-order chi connectivity index (χ1) is 18.0. The van der Waals surface area contributed by atoms with Crippen LogP contribution in [0.4, 0.5) is 13.2 Å². The Labute approximate surface area is 224 Å². The Kier molecular flexibility index (Phi) is 7.00. The number of carbonyl (C=O) groups is 2. The smallest absolute Gasteiger partial charge is 0.365 e. The van der Waals surface area contributed by atoms with Crippen LogP contribution in [0.25, 0.3) is 0 Å². The molecule has 0 radical (unpaired) electrons. The third-order valence-electron chi connectivity index (χ3n) is 8.06. The minimum Gasteiger partial charge on any atom is -0.365 e. The minimum atomic E-state index is -4.55. The van der Waals surface area contributed by atoms with E-state index in [1.165, 1.54) is 18.1 Å². The highest BCUT2D eigenvalue weighted by Crippen LogP contribution is 2.53. The lowest BCUT2D eigenvalue weighted by Gasteiger charge is -2.41. The van der Waals surface area contributed by atoms with Crippen LogP contribution in [0.3, 0.4) is 0 Å². The number of aromatic nitrogens is 2. The van der Waals surface area contributed by atoms with Crippen LogP contribution in [0.5, 0.6) is 0 Å². The normalized spacial score (nSPS) is 24.3. The summed E-state index contributed by atoms with van der Waals surface area (Å²) in [6.45, 7) is 4.35. The van der Waals surface area contributed by atoms with Crippen molar-refractivity contribution in [3.63, 3.8) is 0 Å². The second-order valence-corrected chi connectivity index (χ2v) is 12.1. The van der Waals surface area contributed by atoms with Gasteiger partial charge in [0.15, 0.2) is 5.69 Å². The van der Waals surface area contributed by atoms with E-state index in [1.807, 2.05) is 12.1 Å². The van der Waals surface area contributed by atoms with E-state index in [2.05, 4.69) is 29.5 Å². The second kappa shape index (κ2) is 9.98. The van der Waals surface area contributed by atoms with Crippen LogP contribution in [0.15, 0.2) is 40.9 Å². The fourth-order valence-corrected chi connectivity index (χ4v) is 7.62. The molecule has 7 nitrogen and oxygen atoms in total. The molecule has 3 heterocycles. The van der Waals surface area contributed by atoms with E-state index in [9.17, 15) is 22.8 Å². The van der Waals surface area contributed by atoms with E-state index in [1.54, 1.807) is 16.7 Å². The minimum absolute atomic E-state index is 0.127. The van der Waals surface area contributed by atoms with Crippen LogP contribution in [0.2, 0.25) is 0 Å².